The van der Waals surface area contributed by atoms with Crippen LogP contribution in [0.25, 0.3) is 0 Å². The summed E-state index contributed by atoms with van der Waals surface area (Å²) in [5.41, 5.74) is 0.171. The summed E-state index contributed by atoms with van der Waals surface area (Å²) >= 11 is 0. The van der Waals surface area contributed by atoms with Gasteiger partial charge in [-0.15, -0.1) is 0 Å². The number of hydrogen-bond acceptors (Lipinski definition) is 7. The van der Waals surface area contributed by atoms with Crippen molar-refractivity contribution in [2.24, 2.45) is 0 Å². The number of aliphatic hydroxyl groups is 2. The zero-order valence-corrected chi connectivity index (χ0v) is 12.6. The number of ether oxygens (including phenoxy) is 1. The first-order chi connectivity index (χ1) is 10.5. The maximum Gasteiger partial charge on any atom is 0.271 e. The molecule has 4 atom stereocenters. The third kappa shape index (κ3) is 4.67. The van der Waals surface area contributed by atoms with E-state index in [1.807, 2.05) is 0 Å². The van der Waals surface area contributed by atoms with E-state index in [-0.39, 0.29) is 18.3 Å². The Morgan fingerprint density at radius 3 is 2.82 bits per heavy atom. The second-order valence-corrected chi connectivity index (χ2v) is 6.24. The van der Waals surface area contributed by atoms with E-state index in [4.69, 9.17) is 14.5 Å². The second-order valence-electron chi connectivity index (χ2n) is 5.05. The van der Waals surface area contributed by atoms with Crippen LogP contribution in [0.3, 0.4) is 0 Å². The lowest BCUT2D eigenvalue weighted by molar-refractivity contribution is -0.175. The van der Waals surface area contributed by atoms with E-state index >= 15 is 0 Å². The third-order valence-electron chi connectivity index (χ3n) is 3.37. The zero-order valence-electron chi connectivity index (χ0n) is 11.7. The Kier molecular flexibility index (Phi) is 6.19. The van der Waals surface area contributed by atoms with E-state index in [0.717, 1.165) is 0 Å². The molecule has 0 bridgehead atoms. The summed E-state index contributed by atoms with van der Waals surface area (Å²) in [5.74, 6) is -0.524. The number of aromatic nitrogens is 1. The van der Waals surface area contributed by atoms with Gasteiger partial charge in [-0.05, 0) is 18.6 Å². The molecule has 0 saturated carbocycles. The molecule has 22 heavy (non-hydrogen) atoms. The Hall–Kier alpha value is -1.15. The molecule has 1 aliphatic heterocycles. The smallest absolute Gasteiger partial charge is 0.271 e. The molecule has 0 aliphatic carbocycles. The Bertz CT molecular complexity index is 489. The Balaban J connectivity index is 1.97. The van der Waals surface area contributed by atoms with Crippen molar-refractivity contribution in [1.82, 2.24) is 10.3 Å². The van der Waals surface area contributed by atoms with E-state index < -0.39 is 38.8 Å². The summed E-state index contributed by atoms with van der Waals surface area (Å²) in [6, 6.07) is 4.84. The molecule has 1 saturated heterocycles. The molecule has 122 valence electrons. The SMILES string of the molecule is O=C(NC1OC(CCP(O)O)CC(O)C1O)c1ccccn1. The van der Waals surface area contributed by atoms with E-state index in [1.165, 1.54) is 12.3 Å². The minimum atomic E-state index is -2.04. The van der Waals surface area contributed by atoms with E-state index in [2.05, 4.69) is 10.3 Å². The average Bonchev–Trinajstić information content (AvgIpc) is 2.50. The van der Waals surface area contributed by atoms with Gasteiger partial charge in [-0.25, -0.2) is 0 Å². The van der Waals surface area contributed by atoms with Crippen LogP contribution in [0.2, 0.25) is 0 Å². The average molecular weight is 330 g/mol. The molecule has 4 unspecified atom stereocenters. The number of carbonyl (C=O) groups is 1. The predicted octanol–water partition coefficient (Wildman–Crippen LogP) is -0.665. The highest BCUT2D eigenvalue weighted by atomic mass is 31.2. The molecule has 8 nitrogen and oxygen atoms in total. The Labute approximate surface area is 128 Å². The van der Waals surface area contributed by atoms with Crippen molar-refractivity contribution < 1.29 is 29.5 Å². The molecular weight excluding hydrogens is 311 g/mol. The summed E-state index contributed by atoms with van der Waals surface area (Å²) in [6.45, 7) is 0. The lowest BCUT2D eigenvalue weighted by atomic mass is 10.00. The first-order valence-electron chi connectivity index (χ1n) is 6.86. The van der Waals surface area contributed by atoms with Crippen molar-refractivity contribution in [2.75, 3.05) is 6.16 Å². The van der Waals surface area contributed by atoms with Crippen LogP contribution in [0.15, 0.2) is 24.4 Å². The maximum absolute atomic E-state index is 12.0. The van der Waals surface area contributed by atoms with Crippen LogP contribution < -0.4 is 5.32 Å². The highest BCUT2D eigenvalue weighted by molar-refractivity contribution is 7.45. The number of pyridine rings is 1. The normalized spacial score (nSPS) is 28.6. The first-order valence-corrected chi connectivity index (χ1v) is 8.29. The van der Waals surface area contributed by atoms with Gasteiger partial charge in [0.25, 0.3) is 5.91 Å². The van der Waals surface area contributed by atoms with Gasteiger partial charge in [-0.1, -0.05) is 6.07 Å². The van der Waals surface area contributed by atoms with E-state index in [1.54, 1.807) is 12.1 Å². The lowest BCUT2D eigenvalue weighted by Crippen LogP contribution is -2.56. The molecule has 1 aliphatic rings. The predicted molar refractivity (Wildman–Crippen MR) is 77.8 cm³/mol. The fraction of sp³-hybridized carbons (Fsp3) is 0.538. The molecule has 0 aromatic carbocycles. The van der Waals surface area contributed by atoms with Crippen LogP contribution >= 0.6 is 8.38 Å². The standard InChI is InChI=1S/C13H19N2O6P/c16-10-7-8(4-6-22(19)20)21-13(11(10)17)15-12(18)9-3-1-2-5-14-9/h1-3,5,8,10-11,13,16-17,19-20H,4,6-7H2,(H,15,18). The quantitative estimate of drug-likeness (QED) is 0.453. The number of hydrogen-bond donors (Lipinski definition) is 5. The van der Waals surface area contributed by atoms with Crippen LogP contribution in [0.5, 0.6) is 0 Å². The molecule has 1 fully saturated rings. The molecule has 9 heteroatoms. The van der Waals surface area contributed by atoms with Crippen molar-refractivity contribution in [3.8, 4) is 0 Å². The van der Waals surface area contributed by atoms with Gasteiger partial charge in [0, 0.05) is 18.8 Å². The lowest BCUT2D eigenvalue weighted by Gasteiger charge is -2.37. The van der Waals surface area contributed by atoms with Crippen LogP contribution in [-0.4, -0.2) is 61.6 Å². The van der Waals surface area contributed by atoms with Gasteiger partial charge >= 0.3 is 0 Å². The zero-order chi connectivity index (χ0) is 16.1. The van der Waals surface area contributed by atoms with Crippen molar-refractivity contribution in [3.05, 3.63) is 30.1 Å². The van der Waals surface area contributed by atoms with Gasteiger partial charge in [0.2, 0.25) is 0 Å². The molecule has 1 aromatic rings. The van der Waals surface area contributed by atoms with Gasteiger partial charge in [-0.2, -0.15) is 0 Å². The number of rotatable bonds is 5. The molecular formula is C13H19N2O6P. The molecule has 0 radical (unpaired) electrons. The highest BCUT2D eigenvalue weighted by Gasteiger charge is 2.37. The number of carbonyl (C=O) groups excluding carboxylic acids is 1. The number of nitrogens with one attached hydrogen (secondary N) is 1. The van der Waals surface area contributed by atoms with Crippen LogP contribution in [0.1, 0.15) is 23.3 Å². The van der Waals surface area contributed by atoms with Crippen LogP contribution in [-0.2, 0) is 4.74 Å². The number of amides is 1. The molecule has 2 heterocycles. The van der Waals surface area contributed by atoms with Crippen molar-refractivity contribution >= 4 is 14.3 Å². The molecule has 2 rings (SSSR count). The van der Waals surface area contributed by atoms with Gasteiger partial charge in [0.15, 0.2) is 14.6 Å². The summed E-state index contributed by atoms with van der Waals surface area (Å²) in [6.07, 6.45) is -1.77. The van der Waals surface area contributed by atoms with Crippen molar-refractivity contribution in [3.63, 3.8) is 0 Å². The second kappa shape index (κ2) is 7.92. The Morgan fingerprint density at radius 2 is 2.18 bits per heavy atom. The Morgan fingerprint density at radius 1 is 1.41 bits per heavy atom. The van der Waals surface area contributed by atoms with E-state index in [0.29, 0.717) is 6.42 Å². The largest absolute Gasteiger partial charge is 0.390 e. The molecule has 0 spiro atoms. The van der Waals surface area contributed by atoms with Gasteiger partial charge in [-0.3, -0.25) is 9.78 Å². The third-order valence-corrected chi connectivity index (χ3v) is 4.03. The molecule has 1 aromatic heterocycles. The van der Waals surface area contributed by atoms with Gasteiger partial charge in [0.1, 0.15) is 11.8 Å². The summed E-state index contributed by atoms with van der Waals surface area (Å²) in [7, 11) is -2.04. The summed E-state index contributed by atoms with van der Waals surface area (Å²) in [5, 5.41) is 22.3. The maximum atomic E-state index is 12.0. The summed E-state index contributed by atoms with van der Waals surface area (Å²) < 4.78 is 5.53. The summed E-state index contributed by atoms with van der Waals surface area (Å²) in [4.78, 5) is 33.8. The van der Waals surface area contributed by atoms with Gasteiger partial charge in [0.05, 0.1) is 12.2 Å². The van der Waals surface area contributed by atoms with Crippen LogP contribution in [0, 0.1) is 0 Å². The highest BCUT2D eigenvalue weighted by Crippen LogP contribution is 2.28. The fourth-order valence-electron chi connectivity index (χ4n) is 2.22. The fourth-order valence-corrected chi connectivity index (χ4v) is 2.74. The number of nitrogens with zero attached hydrogens (tertiary/aromatic N) is 1. The van der Waals surface area contributed by atoms with Crippen LogP contribution in [0.4, 0.5) is 0 Å². The minimum Gasteiger partial charge on any atom is -0.390 e. The first kappa shape index (κ1) is 17.2. The van der Waals surface area contributed by atoms with E-state index in [9.17, 15) is 15.0 Å². The molecule has 5 N–H and O–H groups in total. The van der Waals surface area contributed by atoms with Crippen molar-refractivity contribution in [1.29, 1.82) is 0 Å². The van der Waals surface area contributed by atoms with Crippen molar-refractivity contribution in [2.45, 2.75) is 37.4 Å². The minimum absolute atomic E-state index is 0.143. The monoisotopic (exact) mass is 330 g/mol. The number of aliphatic hydroxyl groups excluding tert-OH is 2. The molecule has 1 amide bonds. The topological polar surface area (TPSA) is 132 Å². The van der Waals surface area contributed by atoms with Gasteiger partial charge < -0.3 is 30.1 Å².